The molecule has 1 aliphatic heterocycles. The summed E-state index contributed by atoms with van der Waals surface area (Å²) in [7, 11) is -6.61. The van der Waals surface area contributed by atoms with E-state index < -0.39 is 30.0 Å². The first-order valence-corrected chi connectivity index (χ1v) is 17.2. The summed E-state index contributed by atoms with van der Waals surface area (Å²) >= 11 is 0. The topological polar surface area (TPSA) is 158 Å². The third kappa shape index (κ3) is 8.89. The molecule has 11 nitrogen and oxygen atoms in total. The van der Waals surface area contributed by atoms with Crippen LogP contribution >= 0.6 is 7.82 Å². The smallest absolute Gasteiger partial charge is 0.341 e. The highest BCUT2D eigenvalue weighted by molar-refractivity contribution is 7.89. The van der Waals surface area contributed by atoms with Crippen LogP contribution in [0.2, 0.25) is 0 Å². The molecule has 1 saturated carbocycles. The molecule has 2 fully saturated rings. The summed E-state index contributed by atoms with van der Waals surface area (Å²) in [6, 6.07) is 12.2. The SMILES string of the molecule is CN(C(=O)C(Cc1ccc(C=NC=N)cc1)NS(=O)(=O)c1ccc([C@@H]2CCCCCOP(=O)(O)O2)cc1)C1CCCC1. The lowest BCUT2D eigenvalue weighted by molar-refractivity contribution is -0.133. The van der Waals surface area contributed by atoms with Crippen molar-refractivity contribution < 1.29 is 31.7 Å². The molecule has 3 atom stereocenters. The lowest BCUT2D eigenvalue weighted by atomic mass is 10.0. The highest BCUT2D eigenvalue weighted by Crippen LogP contribution is 2.50. The Morgan fingerprint density at radius 3 is 2.43 bits per heavy atom. The second-order valence-electron chi connectivity index (χ2n) is 10.7. The molecule has 228 valence electrons. The van der Waals surface area contributed by atoms with E-state index >= 15 is 0 Å². The van der Waals surface area contributed by atoms with E-state index in [1.165, 1.54) is 18.3 Å². The number of nitrogens with zero attached hydrogens (tertiary/aromatic N) is 2. The molecule has 0 spiro atoms. The van der Waals surface area contributed by atoms with Crippen molar-refractivity contribution in [1.29, 1.82) is 5.41 Å². The van der Waals surface area contributed by atoms with Crippen molar-refractivity contribution in [2.24, 2.45) is 4.99 Å². The maximum Gasteiger partial charge on any atom is 0.472 e. The van der Waals surface area contributed by atoms with Gasteiger partial charge in [-0.05, 0) is 60.9 Å². The van der Waals surface area contributed by atoms with Crippen LogP contribution in [0.5, 0.6) is 0 Å². The fraction of sp³-hybridized carbons (Fsp3) is 0.483. The zero-order valence-electron chi connectivity index (χ0n) is 23.7. The lowest BCUT2D eigenvalue weighted by Crippen LogP contribution is -2.50. The van der Waals surface area contributed by atoms with E-state index in [1.54, 1.807) is 36.2 Å². The summed E-state index contributed by atoms with van der Waals surface area (Å²) in [5, 5.41) is 7.04. The number of carbonyl (C=O) groups is 1. The normalized spacial score (nSPS) is 23.1. The van der Waals surface area contributed by atoms with E-state index in [2.05, 4.69) is 9.71 Å². The van der Waals surface area contributed by atoms with E-state index in [1.807, 2.05) is 12.1 Å². The number of hydrogen-bond donors (Lipinski definition) is 3. The molecule has 3 N–H and O–H groups in total. The van der Waals surface area contributed by atoms with Gasteiger partial charge < -0.3 is 9.79 Å². The molecule has 0 bridgehead atoms. The molecular weight excluding hydrogens is 579 g/mol. The van der Waals surface area contributed by atoms with Crippen molar-refractivity contribution in [2.75, 3.05) is 13.7 Å². The van der Waals surface area contributed by atoms with Gasteiger partial charge in [0.15, 0.2) is 0 Å². The zero-order chi connectivity index (χ0) is 30.2. The molecule has 13 heteroatoms. The number of aliphatic imine (C=N–C) groups is 1. The van der Waals surface area contributed by atoms with E-state index in [-0.39, 0.29) is 29.9 Å². The van der Waals surface area contributed by atoms with Gasteiger partial charge in [0.2, 0.25) is 15.9 Å². The van der Waals surface area contributed by atoms with Gasteiger partial charge in [-0.25, -0.2) is 18.0 Å². The predicted molar refractivity (Wildman–Crippen MR) is 160 cm³/mol. The highest BCUT2D eigenvalue weighted by Gasteiger charge is 2.33. The number of sulfonamides is 1. The van der Waals surface area contributed by atoms with Crippen molar-refractivity contribution in [3.05, 3.63) is 65.2 Å². The van der Waals surface area contributed by atoms with E-state index in [0.29, 0.717) is 18.4 Å². The molecule has 1 amide bonds. The number of nitrogens with one attached hydrogen (secondary N) is 2. The Labute approximate surface area is 247 Å². The minimum absolute atomic E-state index is 0.0303. The van der Waals surface area contributed by atoms with Crippen molar-refractivity contribution >= 4 is 36.3 Å². The van der Waals surface area contributed by atoms with Crippen LogP contribution < -0.4 is 4.72 Å². The van der Waals surface area contributed by atoms with Gasteiger partial charge in [0, 0.05) is 19.3 Å². The molecule has 2 unspecified atom stereocenters. The quantitative estimate of drug-likeness (QED) is 0.197. The number of rotatable bonds is 10. The number of carbonyl (C=O) groups excluding carboxylic acids is 1. The van der Waals surface area contributed by atoms with Crippen LogP contribution in [-0.2, 0) is 34.9 Å². The van der Waals surface area contributed by atoms with Crippen LogP contribution in [-0.4, -0.2) is 62.4 Å². The zero-order valence-corrected chi connectivity index (χ0v) is 25.4. The fourth-order valence-corrected chi connectivity index (χ4v) is 7.53. The number of likely N-dealkylation sites (N-methyl/N-ethyl adjacent to an activating group) is 1. The molecule has 0 radical (unpaired) electrons. The summed E-state index contributed by atoms with van der Waals surface area (Å²) < 4.78 is 52.4. The van der Waals surface area contributed by atoms with Gasteiger partial charge in [0.05, 0.1) is 17.6 Å². The molecule has 1 saturated heterocycles. The van der Waals surface area contributed by atoms with Gasteiger partial charge in [-0.15, -0.1) is 0 Å². The molecule has 1 heterocycles. The average molecular weight is 619 g/mol. The van der Waals surface area contributed by atoms with Crippen LogP contribution in [0.3, 0.4) is 0 Å². The first-order chi connectivity index (χ1) is 20.1. The second kappa shape index (κ2) is 14.6. The maximum atomic E-state index is 13.6. The highest BCUT2D eigenvalue weighted by atomic mass is 32.2. The van der Waals surface area contributed by atoms with Crippen molar-refractivity contribution in [2.45, 2.75) is 80.9 Å². The van der Waals surface area contributed by atoms with Crippen molar-refractivity contribution in [3.8, 4) is 0 Å². The maximum absolute atomic E-state index is 13.6. The van der Waals surface area contributed by atoms with E-state index in [4.69, 9.17) is 14.5 Å². The number of phosphoric ester groups is 1. The number of phosphoric acid groups is 1. The molecule has 4 rings (SSSR count). The van der Waals surface area contributed by atoms with Crippen molar-refractivity contribution in [3.63, 3.8) is 0 Å². The average Bonchev–Trinajstić information content (AvgIpc) is 3.53. The van der Waals surface area contributed by atoms with E-state index in [9.17, 15) is 22.7 Å². The van der Waals surface area contributed by atoms with Crippen LogP contribution in [0.4, 0.5) is 0 Å². The summed E-state index contributed by atoms with van der Waals surface area (Å²) in [6.45, 7) is 0.141. The predicted octanol–water partition coefficient (Wildman–Crippen LogP) is 4.75. The summed E-state index contributed by atoms with van der Waals surface area (Å²) in [4.78, 5) is 29.1. The molecule has 0 aromatic heterocycles. The molecule has 42 heavy (non-hydrogen) atoms. The van der Waals surface area contributed by atoms with Crippen LogP contribution in [0.15, 0.2) is 58.4 Å². The second-order valence-corrected chi connectivity index (χ2v) is 13.8. The Bertz CT molecular complexity index is 1390. The van der Waals surface area contributed by atoms with Gasteiger partial charge in [-0.2, -0.15) is 4.72 Å². The molecule has 2 aromatic rings. The number of hydrogen-bond acceptors (Lipinski definition) is 7. The first-order valence-electron chi connectivity index (χ1n) is 14.2. The van der Waals surface area contributed by atoms with Gasteiger partial charge in [-0.1, -0.05) is 62.1 Å². The Kier molecular flexibility index (Phi) is 11.2. The van der Waals surface area contributed by atoms with Crippen LogP contribution in [0, 0.1) is 5.41 Å². The Morgan fingerprint density at radius 2 is 1.76 bits per heavy atom. The monoisotopic (exact) mass is 618 g/mol. The molecule has 2 aromatic carbocycles. The summed E-state index contributed by atoms with van der Waals surface area (Å²) in [5.41, 5.74) is 2.11. The fourth-order valence-electron chi connectivity index (χ4n) is 5.37. The lowest BCUT2D eigenvalue weighted by Gasteiger charge is -2.29. The van der Waals surface area contributed by atoms with Gasteiger partial charge in [-0.3, -0.25) is 19.3 Å². The molecule has 1 aliphatic carbocycles. The number of amides is 1. The van der Waals surface area contributed by atoms with Crippen LogP contribution in [0.1, 0.15) is 74.2 Å². The van der Waals surface area contributed by atoms with Gasteiger partial charge >= 0.3 is 7.82 Å². The Balaban J connectivity index is 1.54. The van der Waals surface area contributed by atoms with Crippen molar-refractivity contribution in [1.82, 2.24) is 9.62 Å². The first kappa shape index (κ1) is 32.2. The Hall–Kier alpha value is -2.73. The van der Waals surface area contributed by atoms with E-state index in [0.717, 1.165) is 56.0 Å². The van der Waals surface area contributed by atoms with Gasteiger partial charge in [0.25, 0.3) is 0 Å². The largest absolute Gasteiger partial charge is 0.472 e. The summed E-state index contributed by atoms with van der Waals surface area (Å²) in [5.74, 6) is -0.297. The number of benzene rings is 2. The molecular formula is C29H39N4O7PS. The third-order valence-electron chi connectivity index (χ3n) is 7.72. The minimum Gasteiger partial charge on any atom is -0.341 e. The minimum atomic E-state index is -4.23. The van der Waals surface area contributed by atoms with Crippen LogP contribution in [0.25, 0.3) is 0 Å². The standard InChI is InChI=1S/C29H39N4O7PS/c1-33(25-7-4-5-8-25)29(34)27(19-22-10-12-23(13-11-22)20-31-21-30)32-42(37,38)26-16-14-24(15-17-26)28-9-3-2-6-18-39-41(35,36)40-28/h10-17,20-21,25,27-28,30,32H,2-9,18-19H2,1H3,(H,35,36)/t27?,28-/m0/s1. The summed E-state index contributed by atoms with van der Waals surface area (Å²) in [6.07, 6.45) is 8.49. The Morgan fingerprint density at radius 1 is 1.10 bits per heavy atom. The third-order valence-corrected chi connectivity index (χ3v) is 10.2. The van der Waals surface area contributed by atoms with Gasteiger partial charge in [0.1, 0.15) is 12.4 Å². The molecule has 2 aliphatic rings.